The maximum atomic E-state index is 13.7. The summed E-state index contributed by atoms with van der Waals surface area (Å²) in [5.41, 5.74) is 0.441. The fourth-order valence-electron chi connectivity index (χ4n) is 4.26. The molecule has 7 nitrogen and oxygen atoms in total. The van der Waals surface area contributed by atoms with Crippen LogP contribution in [0.2, 0.25) is 5.02 Å². The molecule has 0 aromatic heterocycles. The van der Waals surface area contributed by atoms with E-state index in [0.717, 1.165) is 4.90 Å². The number of nitrogens with zero attached hydrogens (tertiary/aromatic N) is 1. The summed E-state index contributed by atoms with van der Waals surface area (Å²) in [5.74, 6) is -1.30. The second kappa shape index (κ2) is 10.3. The van der Waals surface area contributed by atoms with Crippen LogP contribution in [0.25, 0.3) is 10.8 Å². The largest absolute Gasteiger partial charge is 0.490 e. The number of alkyl halides is 2. The molecule has 1 aliphatic rings. The predicted molar refractivity (Wildman–Crippen MR) is 130 cm³/mol. The molecular weight excluding hydrogens is 496 g/mol. The third-order valence-corrected chi connectivity index (χ3v) is 5.88. The second-order valence-corrected chi connectivity index (χ2v) is 8.76. The van der Waals surface area contributed by atoms with E-state index in [4.69, 9.17) is 25.8 Å². The highest BCUT2D eigenvalue weighted by atomic mass is 35.5. The van der Waals surface area contributed by atoms with Crippen LogP contribution in [-0.2, 0) is 16.0 Å². The van der Waals surface area contributed by atoms with Crippen molar-refractivity contribution >= 4 is 39.9 Å². The van der Waals surface area contributed by atoms with Gasteiger partial charge < -0.3 is 19.3 Å². The van der Waals surface area contributed by atoms with Gasteiger partial charge in [0.25, 0.3) is 5.91 Å². The van der Waals surface area contributed by atoms with Gasteiger partial charge in [-0.3, -0.25) is 14.5 Å². The average molecular weight is 520 g/mol. The molecule has 1 N–H and O–H groups in total. The molecule has 0 saturated heterocycles. The second-order valence-electron chi connectivity index (χ2n) is 8.35. The molecule has 1 heterocycles. The van der Waals surface area contributed by atoms with Crippen LogP contribution in [0, 0.1) is 0 Å². The van der Waals surface area contributed by atoms with Gasteiger partial charge in [0, 0.05) is 10.8 Å². The Morgan fingerprint density at radius 2 is 1.78 bits per heavy atom. The molecule has 1 unspecified atom stereocenters. The quantitative estimate of drug-likeness (QED) is 0.388. The van der Waals surface area contributed by atoms with Crippen molar-refractivity contribution in [1.82, 2.24) is 0 Å². The van der Waals surface area contributed by atoms with E-state index in [1.54, 1.807) is 51.1 Å². The third kappa shape index (κ3) is 4.68. The average Bonchev–Trinajstić information content (AvgIpc) is 3.06. The van der Waals surface area contributed by atoms with Gasteiger partial charge in [-0.05, 0) is 38.5 Å². The van der Waals surface area contributed by atoms with E-state index in [1.807, 2.05) is 0 Å². The molecule has 0 radical (unpaired) electrons. The first-order valence-electron chi connectivity index (χ1n) is 11.3. The van der Waals surface area contributed by atoms with Gasteiger partial charge in [0.1, 0.15) is 11.5 Å². The van der Waals surface area contributed by atoms with E-state index in [1.165, 1.54) is 12.1 Å². The highest BCUT2D eigenvalue weighted by molar-refractivity contribution is 6.34. The van der Waals surface area contributed by atoms with Gasteiger partial charge in [-0.2, -0.15) is 8.78 Å². The molecule has 1 amide bonds. The number of anilines is 1. The summed E-state index contributed by atoms with van der Waals surface area (Å²) in [6.45, 7) is 2.25. The standard InChI is InChI=1S/C26H24ClF2NO6/c1-4-34-19(31)12-14-9-10-18(17(27)11-14)30-24(32)20-21(25(30)33)23(36-26(28)29)16-8-6-5-7-15(16)22(20)35-13(2)3/h5-11,13,25-26,33H,4,12H2,1-3H3. The van der Waals surface area contributed by atoms with E-state index in [9.17, 15) is 23.5 Å². The summed E-state index contributed by atoms with van der Waals surface area (Å²) in [5, 5.41) is 12.0. The number of benzene rings is 3. The lowest BCUT2D eigenvalue weighted by Gasteiger charge is -2.23. The van der Waals surface area contributed by atoms with E-state index in [-0.39, 0.29) is 57.9 Å². The van der Waals surface area contributed by atoms with Gasteiger partial charge in [0.05, 0.1) is 41.0 Å². The van der Waals surface area contributed by atoms with Crippen molar-refractivity contribution in [2.24, 2.45) is 0 Å². The van der Waals surface area contributed by atoms with Gasteiger partial charge in [0.2, 0.25) is 0 Å². The first kappa shape index (κ1) is 25.7. The van der Waals surface area contributed by atoms with Crippen molar-refractivity contribution in [2.75, 3.05) is 11.5 Å². The Hall–Kier alpha value is -3.43. The molecule has 0 bridgehead atoms. The molecule has 190 valence electrons. The molecule has 3 aromatic carbocycles. The number of rotatable bonds is 8. The summed E-state index contributed by atoms with van der Waals surface area (Å²) >= 11 is 6.46. The third-order valence-electron chi connectivity index (χ3n) is 5.58. The lowest BCUT2D eigenvalue weighted by Crippen LogP contribution is -2.28. The van der Waals surface area contributed by atoms with Crippen molar-refractivity contribution in [3.63, 3.8) is 0 Å². The van der Waals surface area contributed by atoms with Crippen molar-refractivity contribution < 1.29 is 37.7 Å². The topological polar surface area (TPSA) is 85.3 Å². The highest BCUT2D eigenvalue weighted by Crippen LogP contribution is 2.51. The Morgan fingerprint density at radius 3 is 2.36 bits per heavy atom. The molecule has 0 fully saturated rings. The number of aliphatic hydroxyl groups excluding tert-OH is 1. The van der Waals surface area contributed by atoms with Crippen LogP contribution in [0.15, 0.2) is 42.5 Å². The number of hydrogen-bond donors (Lipinski definition) is 1. The van der Waals surface area contributed by atoms with E-state index in [2.05, 4.69) is 0 Å². The maximum Gasteiger partial charge on any atom is 0.387 e. The zero-order chi connectivity index (χ0) is 26.1. The Morgan fingerprint density at radius 1 is 1.11 bits per heavy atom. The number of ether oxygens (including phenoxy) is 3. The maximum absolute atomic E-state index is 13.7. The van der Waals surface area contributed by atoms with Gasteiger partial charge in [-0.1, -0.05) is 41.9 Å². The van der Waals surface area contributed by atoms with Crippen molar-refractivity contribution in [3.8, 4) is 11.5 Å². The zero-order valence-electron chi connectivity index (χ0n) is 19.8. The van der Waals surface area contributed by atoms with E-state index < -0.39 is 24.7 Å². The van der Waals surface area contributed by atoms with Crippen LogP contribution in [0.1, 0.15) is 48.5 Å². The Labute approximate surface area is 211 Å². The molecule has 0 aliphatic carbocycles. The monoisotopic (exact) mass is 519 g/mol. The number of amides is 1. The van der Waals surface area contributed by atoms with Crippen LogP contribution >= 0.6 is 11.6 Å². The number of hydrogen-bond acceptors (Lipinski definition) is 6. The fraction of sp³-hybridized carbons (Fsp3) is 0.308. The molecule has 1 aliphatic heterocycles. The molecule has 1 atom stereocenters. The number of carbonyl (C=O) groups is 2. The van der Waals surface area contributed by atoms with Gasteiger partial charge in [-0.25, -0.2) is 0 Å². The van der Waals surface area contributed by atoms with Gasteiger partial charge in [-0.15, -0.1) is 0 Å². The van der Waals surface area contributed by atoms with Gasteiger partial charge >= 0.3 is 12.6 Å². The fourth-order valence-corrected chi connectivity index (χ4v) is 4.56. The van der Waals surface area contributed by atoms with Crippen LogP contribution in [-0.4, -0.2) is 36.3 Å². The summed E-state index contributed by atoms with van der Waals surface area (Å²) in [6.07, 6.45) is -2.08. The summed E-state index contributed by atoms with van der Waals surface area (Å²) in [7, 11) is 0. The normalized spacial score (nSPS) is 15.1. The van der Waals surface area contributed by atoms with Crippen molar-refractivity contribution in [2.45, 2.75) is 46.1 Å². The number of halogens is 3. The van der Waals surface area contributed by atoms with Gasteiger partial charge in [0.15, 0.2) is 6.23 Å². The molecule has 10 heteroatoms. The highest BCUT2D eigenvalue weighted by Gasteiger charge is 2.44. The zero-order valence-corrected chi connectivity index (χ0v) is 20.5. The molecule has 0 saturated carbocycles. The minimum atomic E-state index is -3.20. The molecular formula is C26H24ClF2NO6. The molecule has 4 rings (SSSR count). The van der Waals surface area contributed by atoms with Crippen LogP contribution in [0.5, 0.6) is 11.5 Å². The lowest BCUT2D eigenvalue weighted by atomic mass is 9.98. The van der Waals surface area contributed by atoms with Crippen molar-refractivity contribution in [3.05, 3.63) is 64.2 Å². The van der Waals surface area contributed by atoms with Crippen LogP contribution in [0.4, 0.5) is 14.5 Å². The van der Waals surface area contributed by atoms with Crippen molar-refractivity contribution in [1.29, 1.82) is 0 Å². The minimum Gasteiger partial charge on any atom is -0.490 e. The Kier molecular flexibility index (Phi) is 7.33. The molecule has 0 spiro atoms. The Balaban J connectivity index is 1.87. The molecule has 36 heavy (non-hydrogen) atoms. The van der Waals surface area contributed by atoms with E-state index >= 15 is 0 Å². The number of carbonyl (C=O) groups excluding carboxylic acids is 2. The van der Waals surface area contributed by atoms with Crippen LogP contribution in [0.3, 0.4) is 0 Å². The summed E-state index contributed by atoms with van der Waals surface area (Å²) < 4.78 is 42.6. The predicted octanol–water partition coefficient (Wildman–Crippen LogP) is 5.64. The molecule has 3 aromatic rings. The summed E-state index contributed by atoms with van der Waals surface area (Å²) in [6, 6.07) is 11.0. The number of aliphatic hydroxyl groups is 1. The number of esters is 1. The lowest BCUT2D eigenvalue weighted by molar-refractivity contribution is -0.142. The van der Waals surface area contributed by atoms with E-state index in [0.29, 0.717) is 10.9 Å². The van der Waals surface area contributed by atoms with Crippen LogP contribution < -0.4 is 14.4 Å². The summed E-state index contributed by atoms with van der Waals surface area (Å²) in [4.78, 5) is 26.5. The first-order chi connectivity index (χ1) is 17.1. The SMILES string of the molecule is CCOC(=O)Cc1ccc(N2C(=O)c3c(c(OC(F)F)c4ccccc4c3OC(C)C)C2O)c(Cl)c1. The minimum absolute atomic E-state index is 0.0330. The smallest absolute Gasteiger partial charge is 0.387 e. The number of fused-ring (bicyclic) bond motifs is 2. The Bertz CT molecular complexity index is 1330. The first-order valence-corrected chi connectivity index (χ1v) is 11.7.